The maximum atomic E-state index is 5.48. The summed E-state index contributed by atoms with van der Waals surface area (Å²) in [6, 6.07) is 10.2. The zero-order valence-electron chi connectivity index (χ0n) is 11.1. The Kier molecular flexibility index (Phi) is 3.27. The lowest BCUT2D eigenvalue weighted by atomic mass is 9.97. The number of nitrogens with zero attached hydrogens (tertiary/aromatic N) is 2. The van der Waals surface area contributed by atoms with Crippen LogP contribution in [0.4, 0.5) is 5.69 Å². The molecule has 2 aromatic heterocycles. The molecular weight excluding hydrogens is 350 g/mol. The van der Waals surface area contributed by atoms with Gasteiger partial charge < -0.3 is 9.84 Å². The van der Waals surface area contributed by atoms with Gasteiger partial charge in [0.05, 0.1) is 8.66 Å². The van der Waals surface area contributed by atoms with Crippen LogP contribution in [0.5, 0.6) is 0 Å². The molecule has 0 bridgehead atoms. The Balaban J connectivity index is 1.76. The molecule has 21 heavy (non-hydrogen) atoms. The highest BCUT2D eigenvalue weighted by Gasteiger charge is 2.18. The van der Waals surface area contributed by atoms with E-state index in [1.54, 1.807) is 11.3 Å². The summed E-state index contributed by atoms with van der Waals surface area (Å²) in [5, 5.41) is 7.53. The molecule has 3 aromatic rings. The van der Waals surface area contributed by atoms with E-state index in [1.165, 1.54) is 11.3 Å². The highest BCUT2D eigenvalue weighted by atomic mass is 79.9. The van der Waals surface area contributed by atoms with Gasteiger partial charge in [-0.3, -0.25) is 0 Å². The molecule has 4 nitrogen and oxygen atoms in total. The molecule has 0 unspecified atom stereocenters. The summed E-state index contributed by atoms with van der Waals surface area (Å²) in [5.41, 5.74) is 3.48. The maximum absolute atomic E-state index is 5.48. The van der Waals surface area contributed by atoms with Crippen LogP contribution in [-0.2, 0) is 6.42 Å². The van der Waals surface area contributed by atoms with Gasteiger partial charge in [-0.25, -0.2) is 0 Å². The fraction of sp³-hybridized carbons (Fsp3) is 0.200. The first-order chi connectivity index (χ1) is 10.3. The Hall–Kier alpha value is -1.66. The standard InChI is InChI=1S/C15H12BrN3OS/c16-13-7-6-12(21-13)14-18-15(20-19-14)10-3-1-5-11-9(10)4-2-8-17-11/h1,3,5-7,17H,2,4,8H2. The fourth-order valence-electron chi connectivity index (χ4n) is 2.58. The summed E-state index contributed by atoms with van der Waals surface area (Å²) in [4.78, 5) is 5.56. The van der Waals surface area contributed by atoms with Gasteiger partial charge in [-0.05, 0) is 58.6 Å². The second-order valence-electron chi connectivity index (χ2n) is 4.89. The third-order valence-electron chi connectivity index (χ3n) is 3.55. The fourth-order valence-corrected chi connectivity index (χ4v) is 3.89. The SMILES string of the molecule is Brc1ccc(-c2noc(-c3cccc4c3CCCN4)n2)s1. The van der Waals surface area contributed by atoms with Crippen molar-refractivity contribution < 1.29 is 4.52 Å². The molecule has 0 amide bonds. The smallest absolute Gasteiger partial charge is 0.258 e. The third kappa shape index (κ3) is 2.38. The molecule has 0 atom stereocenters. The van der Waals surface area contributed by atoms with Crippen molar-refractivity contribution in [1.82, 2.24) is 10.1 Å². The lowest BCUT2D eigenvalue weighted by molar-refractivity contribution is 0.432. The van der Waals surface area contributed by atoms with E-state index in [0.717, 1.165) is 33.6 Å². The minimum atomic E-state index is 0.593. The maximum Gasteiger partial charge on any atom is 0.258 e. The van der Waals surface area contributed by atoms with E-state index in [4.69, 9.17) is 4.52 Å². The minimum Gasteiger partial charge on any atom is -0.385 e. The van der Waals surface area contributed by atoms with Crippen LogP contribution in [0.3, 0.4) is 0 Å². The first-order valence-electron chi connectivity index (χ1n) is 6.77. The zero-order chi connectivity index (χ0) is 14.2. The van der Waals surface area contributed by atoms with E-state index in [-0.39, 0.29) is 0 Å². The highest BCUT2D eigenvalue weighted by molar-refractivity contribution is 9.11. The van der Waals surface area contributed by atoms with E-state index in [0.29, 0.717) is 11.7 Å². The topological polar surface area (TPSA) is 51.0 Å². The number of hydrogen-bond donors (Lipinski definition) is 1. The van der Waals surface area contributed by atoms with Gasteiger partial charge in [-0.1, -0.05) is 11.2 Å². The summed E-state index contributed by atoms with van der Waals surface area (Å²) in [5.74, 6) is 1.23. The molecular formula is C15H12BrN3OS. The van der Waals surface area contributed by atoms with Gasteiger partial charge in [0.15, 0.2) is 0 Å². The Morgan fingerprint density at radius 1 is 1.24 bits per heavy atom. The predicted molar refractivity (Wildman–Crippen MR) is 87.6 cm³/mol. The Bertz CT molecular complexity index is 796. The quantitative estimate of drug-likeness (QED) is 0.725. The number of fused-ring (bicyclic) bond motifs is 1. The monoisotopic (exact) mass is 361 g/mol. The van der Waals surface area contributed by atoms with Gasteiger partial charge >= 0.3 is 0 Å². The normalized spacial score (nSPS) is 13.8. The van der Waals surface area contributed by atoms with Crippen LogP contribution in [0.15, 0.2) is 38.6 Å². The Labute approximate surface area is 134 Å². The largest absolute Gasteiger partial charge is 0.385 e. The number of anilines is 1. The van der Waals surface area contributed by atoms with Crippen molar-refractivity contribution in [3.63, 3.8) is 0 Å². The van der Waals surface area contributed by atoms with Crippen molar-refractivity contribution in [1.29, 1.82) is 0 Å². The number of aromatic nitrogens is 2. The molecule has 1 aromatic carbocycles. The molecule has 0 radical (unpaired) electrons. The average Bonchev–Trinajstić information content (AvgIpc) is 3.15. The van der Waals surface area contributed by atoms with Gasteiger partial charge in [0.25, 0.3) is 5.89 Å². The Morgan fingerprint density at radius 3 is 3.05 bits per heavy atom. The van der Waals surface area contributed by atoms with Gasteiger partial charge in [-0.15, -0.1) is 11.3 Å². The molecule has 4 rings (SSSR count). The zero-order valence-corrected chi connectivity index (χ0v) is 13.5. The first-order valence-corrected chi connectivity index (χ1v) is 8.38. The molecule has 0 spiro atoms. The molecule has 6 heteroatoms. The number of halogens is 1. The van der Waals surface area contributed by atoms with Crippen LogP contribution < -0.4 is 5.32 Å². The summed E-state index contributed by atoms with van der Waals surface area (Å²) >= 11 is 5.05. The van der Waals surface area contributed by atoms with E-state index < -0.39 is 0 Å². The van der Waals surface area contributed by atoms with Crippen LogP contribution >= 0.6 is 27.3 Å². The number of hydrogen-bond acceptors (Lipinski definition) is 5. The molecule has 1 aliphatic rings. The number of nitrogens with one attached hydrogen (secondary N) is 1. The lowest BCUT2D eigenvalue weighted by Gasteiger charge is -2.19. The van der Waals surface area contributed by atoms with E-state index in [1.807, 2.05) is 24.3 Å². The molecule has 1 N–H and O–H groups in total. The van der Waals surface area contributed by atoms with Crippen molar-refractivity contribution >= 4 is 33.0 Å². The molecule has 3 heterocycles. The van der Waals surface area contributed by atoms with Crippen molar-refractivity contribution in [3.8, 4) is 22.2 Å². The van der Waals surface area contributed by atoms with Crippen LogP contribution in [0.25, 0.3) is 22.2 Å². The molecule has 0 saturated carbocycles. The summed E-state index contributed by atoms with van der Waals surface area (Å²) in [7, 11) is 0. The van der Waals surface area contributed by atoms with Gasteiger partial charge in [0, 0.05) is 17.8 Å². The van der Waals surface area contributed by atoms with Crippen LogP contribution in [0.2, 0.25) is 0 Å². The van der Waals surface area contributed by atoms with Gasteiger partial charge in [0.1, 0.15) is 0 Å². The van der Waals surface area contributed by atoms with Crippen molar-refractivity contribution in [2.75, 3.05) is 11.9 Å². The Morgan fingerprint density at radius 2 is 2.19 bits per heavy atom. The molecule has 1 aliphatic heterocycles. The van der Waals surface area contributed by atoms with Crippen LogP contribution in [-0.4, -0.2) is 16.7 Å². The highest BCUT2D eigenvalue weighted by Crippen LogP contribution is 2.34. The second-order valence-corrected chi connectivity index (χ2v) is 7.35. The summed E-state index contributed by atoms with van der Waals surface area (Å²) < 4.78 is 6.54. The second kappa shape index (κ2) is 5.27. The summed E-state index contributed by atoms with van der Waals surface area (Å²) in [6.45, 7) is 1.02. The van der Waals surface area contributed by atoms with Crippen molar-refractivity contribution in [2.24, 2.45) is 0 Å². The van der Waals surface area contributed by atoms with Crippen molar-refractivity contribution in [2.45, 2.75) is 12.8 Å². The van der Waals surface area contributed by atoms with E-state index in [9.17, 15) is 0 Å². The lowest BCUT2D eigenvalue weighted by Crippen LogP contribution is -2.12. The predicted octanol–water partition coefficient (Wildman–Crippen LogP) is 4.59. The van der Waals surface area contributed by atoms with Gasteiger partial charge in [-0.2, -0.15) is 4.98 Å². The molecule has 0 saturated heterocycles. The average molecular weight is 362 g/mol. The molecule has 106 valence electrons. The van der Waals surface area contributed by atoms with E-state index in [2.05, 4.69) is 37.5 Å². The number of benzene rings is 1. The van der Waals surface area contributed by atoms with E-state index >= 15 is 0 Å². The minimum absolute atomic E-state index is 0.593. The molecule has 0 aliphatic carbocycles. The van der Waals surface area contributed by atoms with Gasteiger partial charge in [0.2, 0.25) is 5.82 Å². The number of rotatable bonds is 2. The first kappa shape index (κ1) is 13.0. The molecule has 0 fully saturated rings. The van der Waals surface area contributed by atoms with Crippen LogP contribution in [0.1, 0.15) is 12.0 Å². The van der Waals surface area contributed by atoms with Crippen LogP contribution in [0, 0.1) is 0 Å². The number of thiophene rings is 1. The third-order valence-corrected chi connectivity index (χ3v) is 5.16. The summed E-state index contributed by atoms with van der Waals surface area (Å²) in [6.07, 6.45) is 2.17. The van der Waals surface area contributed by atoms with Crippen molar-refractivity contribution in [3.05, 3.63) is 39.7 Å².